The maximum Gasteiger partial charge on any atom is 0.337 e. The highest BCUT2D eigenvalue weighted by Crippen LogP contribution is 2.31. The Bertz CT molecular complexity index is 661. The Balaban J connectivity index is 2.68. The zero-order valence-electron chi connectivity index (χ0n) is 11.6. The maximum atomic E-state index is 11.2. The van der Waals surface area contributed by atoms with Crippen molar-refractivity contribution in [2.45, 2.75) is 20.3 Å². The van der Waals surface area contributed by atoms with Gasteiger partial charge in [0.05, 0.1) is 18.4 Å². The summed E-state index contributed by atoms with van der Waals surface area (Å²) >= 11 is 6.10. The molecule has 2 aromatic rings. The normalized spacial score (nSPS) is 10.6. The van der Waals surface area contributed by atoms with Crippen molar-refractivity contribution in [2.24, 2.45) is 0 Å². The van der Waals surface area contributed by atoms with Crippen molar-refractivity contribution in [1.29, 1.82) is 0 Å². The summed E-state index contributed by atoms with van der Waals surface area (Å²) < 4.78 is 7.19. The second-order valence-corrected chi connectivity index (χ2v) is 4.89. The number of hydrogen-bond donors (Lipinski definition) is 1. The molecule has 0 saturated heterocycles. The van der Waals surface area contributed by atoms with Crippen molar-refractivity contribution >= 4 is 17.6 Å². The molecule has 1 heterocycles. The molecular weight excluding hydrogens is 278 g/mol. The number of carbonyl (C=O) groups is 1. The van der Waals surface area contributed by atoms with Crippen LogP contribution in [0.3, 0.4) is 0 Å². The molecule has 1 aromatic carbocycles. The molecule has 0 bridgehead atoms. The number of methoxy groups -OCH3 is 1. The summed E-state index contributed by atoms with van der Waals surface area (Å²) in [5, 5.41) is 9.84. The van der Waals surface area contributed by atoms with Crippen molar-refractivity contribution in [1.82, 2.24) is 4.57 Å². The number of benzene rings is 1. The lowest BCUT2D eigenvalue weighted by Crippen LogP contribution is -2.06. The Morgan fingerprint density at radius 1 is 1.45 bits per heavy atom. The van der Waals surface area contributed by atoms with E-state index in [1.807, 2.05) is 24.5 Å². The summed E-state index contributed by atoms with van der Waals surface area (Å²) in [4.78, 5) is 11.2. The lowest BCUT2D eigenvalue weighted by Gasteiger charge is -2.15. The highest BCUT2D eigenvalue weighted by atomic mass is 35.5. The zero-order chi connectivity index (χ0) is 14.9. The van der Waals surface area contributed by atoms with Gasteiger partial charge in [0.2, 0.25) is 0 Å². The SMILES string of the molecule is CCc1c(C(=O)O)ccn1-c1cc(C)c(Cl)cc1OC. The van der Waals surface area contributed by atoms with Gasteiger partial charge in [0.15, 0.2) is 0 Å². The van der Waals surface area contributed by atoms with Crippen LogP contribution in [0.1, 0.15) is 28.5 Å². The molecule has 2 rings (SSSR count). The lowest BCUT2D eigenvalue weighted by atomic mass is 10.1. The lowest BCUT2D eigenvalue weighted by molar-refractivity contribution is 0.0695. The van der Waals surface area contributed by atoms with Crippen LogP contribution in [0.5, 0.6) is 5.75 Å². The third kappa shape index (κ3) is 2.39. The Morgan fingerprint density at radius 2 is 2.15 bits per heavy atom. The van der Waals surface area contributed by atoms with E-state index in [0.29, 0.717) is 22.8 Å². The van der Waals surface area contributed by atoms with Crippen LogP contribution in [-0.4, -0.2) is 22.8 Å². The maximum absolute atomic E-state index is 11.2. The van der Waals surface area contributed by atoms with Gasteiger partial charge in [0.25, 0.3) is 0 Å². The minimum atomic E-state index is -0.926. The van der Waals surface area contributed by atoms with E-state index in [9.17, 15) is 9.90 Å². The van der Waals surface area contributed by atoms with Crippen molar-refractivity contribution in [3.05, 3.63) is 46.2 Å². The third-order valence-corrected chi connectivity index (χ3v) is 3.68. The summed E-state index contributed by atoms with van der Waals surface area (Å²) in [5.41, 5.74) is 2.74. The molecule has 106 valence electrons. The van der Waals surface area contributed by atoms with E-state index in [1.165, 1.54) is 0 Å². The summed E-state index contributed by atoms with van der Waals surface area (Å²) in [6, 6.07) is 5.24. The van der Waals surface area contributed by atoms with Crippen LogP contribution >= 0.6 is 11.6 Å². The van der Waals surface area contributed by atoms with Crippen LogP contribution in [0.4, 0.5) is 0 Å². The number of aryl methyl sites for hydroxylation is 1. The molecule has 0 aliphatic heterocycles. The largest absolute Gasteiger partial charge is 0.495 e. The Labute approximate surface area is 122 Å². The molecule has 0 atom stereocenters. The van der Waals surface area contributed by atoms with Crippen molar-refractivity contribution in [3.8, 4) is 11.4 Å². The van der Waals surface area contributed by atoms with Gasteiger partial charge in [0, 0.05) is 23.0 Å². The van der Waals surface area contributed by atoms with E-state index < -0.39 is 5.97 Å². The predicted molar refractivity (Wildman–Crippen MR) is 78.4 cm³/mol. The monoisotopic (exact) mass is 293 g/mol. The molecule has 0 aliphatic rings. The Kier molecular flexibility index (Phi) is 4.04. The first-order valence-corrected chi connectivity index (χ1v) is 6.65. The topological polar surface area (TPSA) is 51.5 Å². The van der Waals surface area contributed by atoms with Gasteiger partial charge in [-0.1, -0.05) is 18.5 Å². The summed E-state index contributed by atoms with van der Waals surface area (Å²) in [5.74, 6) is -0.312. The smallest absolute Gasteiger partial charge is 0.337 e. The molecule has 1 N–H and O–H groups in total. The second kappa shape index (κ2) is 5.59. The number of aromatic carboxylic acids is 1. The minimum absolute atomic E-state index is 0.308. The molecule has 0 radical (unpaired) electrons. The molecule has 0 fully saturated rings. The van der Waals surface area contributed by atoms with Crippen LogP contribution in [0.25, 0.3) is 5.69 Å². The molecule has 0 unspecified atom stereocenters. The predicted octanol–water partition coefficient (Wildman–Crippen LogP) is 3.71. The van der Waals surface area contributed by atoms with Gasteiger partial charge in [-0.15, -0.1) is 0 Å². The van der Waals surface area contributed by atoms with Gasteiger partial charge < -0.3 is 14.4 Å². The number of carboxylic acids is 1. The number of hydrogen-bond acceptors (Lipinski definition) is 2. The van der Waals surface area contributed by atoms with Crippen LogP contribution in [-0.2, 0) is 6.42 Å². The van der Waals surface area contributed by atoms with Crippen LogP contribution in [0.2, 0.25) is 5.02 Å². The number of halogens is 1. The van der Waals surface area contributed by atoms with Gasteiger partial charge >= 0.3 is 5.97 Å². The Morgan fingerprint density at radius 3 is 2.70 bits per heavy atom. The highest BCUT2D eigenvalue weighted by Gasteiger charge is 2.17. The number of rotatable bonds is 4. The molecule has 0 saturated carbocycles. The van der Waals surface area contributed by atoms with Gasteiger partial charge in [-0.05, 0) is 31.0 Å². The molecular formula is C15H16ClNO3. The van der Waals surface area contributed by atoms with Gasteiger partial charge in [-0.25, -0.2) is 4.79 Å². The standard InChI is InChI=1S/C15H16ClNO3/c1-4-12-10(15(18)19)5-6-17(12)13-7-9(2)11(16)8-14(13)20-3/h5-8H,4H2,1-3H3,(H,18,19). The fraction of sp³-hybridized carbons (Fsp3) is 0.267. The molecule has 0 spiro atoms. The molecule has 20 heavy (non-hydrogen) atoms. The van der Waals surface area contributed by atoms with E-state index in [0.717, 1.165) is 16.9 Å². The molecule has 0 amide bonds. The summed E-state index contributed by atoms with van der Waals surface area (Å²) in [6.07, 6.45) is 2.35. The highest BCUT2D eigenvalue weighted by molar-refractivity contribution is 6.31. The van der Waals surface area contributed by atoms with Crippen LogP contribution in [0.15, 0.2) is 24.4 Å². The summed E-state index contributed by atoms with van der Waals surface area (Å²) in [7, 11) is 1.57. The molecule has 4 nitrogen and oxygen atoms in total. The number of aromatic nitrogens is 1. The average Bonchev–Trinajstić information content (AvgIpc) is 2.85. The van der Waals surface area contributed by atoms with Crippen molar-refractivity contribution < 1.29 is 14.6 Å². The van der Waals surface area contributed by atoms with Crippen LogP contribution in [0, 0.1) is 6.92 Å². The zero-order valence-corrected chi connectivity index (χ0v) is 12.4. The third-order valence-electron chi connectivity index (χ3n) is 3.28. The van der Waals surface area contributed by atoms with Crippen LogP contribution < -0.4 is 4.74 Å². The number of ether oxygens (including phenoxy) is 1. The summed E-state index contributed by atoms with van der Waals surface area (Å²) in [6.45, 7) is 3.83. The fourth-order valence-corrected chi connectivity index (χ4v) is 2.40. The van der Waals surface area contributed by atoms with E-state index in [4.69, 9.17) is 16.3 Å². The van der Waals surface area contributed by atoms with E-state index in [2.05, 4.69) is 0 Å². The fourth-order valence-electron chi connectivity index (χ4n) is 2.25. The molecule has 5 heteroatoms. The first-order chi connectivity index (χ1) is 9.49. The van der Waals surface area contributed by atoms with Gasteiger partial charge in [-0.2, -0.15) is 0 Å². The first kappa shape index (κ1) is 14.5. The minimum Gasteiger partial charge on any atom is -0.495 e. The molecule has 0 aliphatic carbocycles. The van der Waals surface area contributed by atoms with Crippen molar-refractivity contribution in [2.75, 3.05) is 7.11 Å². The van der Waals surface area contributed by atoms with Gasteiger partial charge in [-0.3, -0.25) is 0 Å². The van der Waals surface area contributed by atoms with Crippen molar-refractivity contribution in [3.63, 3.8) is 0 Å². The second-order valence-electron chi connectivity index (χ2n) is 4.48. The number of carboxylic acid groups (broad SMARTS) is 1. The van der Waals surface area contributed by atoms with Gasteiger partial charge in [0.1, 0.15) is 5.75 Å². The number of nitrogens with zero attached hydrogens (tertiary/aromatic N) is 1. The van der Waals surface area contributed by atoms with E-state index in [1.54, 1.807) is 25.4 Å². The molecule has 1 aromatic heterocycles. The quantitative estimate of drug-likeness (QED) is 0.935. The average molecular weight is 294 g/mol. The first-order valence-electron chi connectivity index (χ1n) is 6.27. The Hall–Kier alpha value is -1.94. The van der Waals surface area contributed by atoms with E-state index >= 15 is 0 Å². The van der Waals surface area contributed by atoms with E-state index in [-0.39, 0.29) is 0 Å².